The van der Waals surface area contributed by atoms with E-state index in [0.29, 0.717) is 70.2 Å². The van der Waals surface area contributed by atoms with E-state index >= 15 is 0 Å². The lowest BCUT2D eigenvalue weighted by Crippen LogP contribution is -2.69. The highest BCUT2D eigenvalue weighted by Crippen LogP contribution is 2.63. The van der Waals surface area contributed by atoms with Crippen LogP contribution in [0.3, 0.4) is 0 Å². The third kappa shape index (κ3) is 4.76. The number of fused-ring (bicyclic) bond motifs is 9. The minimum absolute atomic E-state index is 0.0248. The number of phenolic OH excluding ortho intramolecular Hbond substituents is 2. The van der Waals surface area contributed by atoms with Gasteiger partial charge in [-0.3, -0.25) is 15.0 Å². The fourth-order valence-corrected chi connectivity index (χ4v) is 11.5. The van der Waals surface area contributed by atoms with E-state index < -0.39 is 46.9 Å². The highest BCUT2D eigenvalue weighted by atomic mass is 32.2. The molecule has 10 rings (SSSR count). The number of benzene rings is 3. The number of rotatable bonds is 3. The molecule has 0 saturated carbocycles. The number of piperazine rings is 1. The number of phenols is 2. The molecule has 15 heteroatoms. The maximum absolute atomic E-state index is 14.7. The summed E-state index contributed by atoms with van der Waals surface area (Å²) in [5, 5.41) is 40.3. The highest BCUT2D eigenvalue weighted by molar-refractivity contribution is 7.99. The molecule has 7 atom stereocenters. The number of thioether (sulfide) groups is 1. The largest absolute Gasteiger partial charge is 0.504 e. The van der Waals surface area contributed by atoms with Gasteiger partial charge in [-0.1, -0.05) is 6.07 Å². The first-order valence-electron chi connectivity index (χ1n) is 17.9. The van der Waals surface area contributed by atoms with Crippen LogP contribution in [0, 0.1) is 25.2 Å². The number of esters is 2. The van der Waals surface area contributed by atoms with Crippen molar-refractivity contribution in [2.24, 2.45) is 0 Å². The number of hydrogen-bond donors (Lipinski definition) is 4. The first kappa shape index (κ1) is 34.9. The van der Waals surface area contributed by atoms with Gasteiger partial charge in [0.25, 0.3) is 0 Å². The second-order valence-corrected chi connectivity index (χ2v) is 15.8. The van der Waals surface area contributed by atoms with Crippen molar-refractivity contribution < 1.29 is 48.2 Å². The zero-order chi connectivity index (χ0) is 37.8. The van der Waals surface area contributed by atoms with Crippen molar-refractivity contribution in [1.29, 1.82) is 5.26 Å². The Hall–Kier alpha value is -4.88. The molecule has 7 heterocycles. The van der Waals surface area contributed by atoms with E-state index in [1.165, 1.54) is 32.9 Å². The summed E-state index contributed by atoms with van der Waals surface area (Å²) in [5.74, 6) is 0.913. The second-order valence-electron chi connectivity index (χ2n) is 14.7. The molecule has 0 aliphatic carbocycles. The van der Waals surface area contributed by atoms with Crippen molar-refractivity contribution in [3.8, 4) is 46.3 Å². The zero-order valence-corrected chi connectivity index (χ0v) is 31.2. The Morgan fingerprint density at radius 1 is 1.06 bits per heavy atom. The van der Waals surface area contributed by atoms with Crippen LogP contribution in [0.15, 0.2) is 18.2 Å². The molecule has 0 aromatic heterocycles. The van der Waals surface area contributed by atoms with Gasteiger partial charge in [0.1, 0.15) is 18.4 Å². The Balaban J connectivity index is 1.32. The van der Waals surface area contributed by atoms with Crippen molar-refractivity contribution in [1.82, 2.24) is 15.5 Å². The van der Waals surface area contributed by atoms with Crippen LogP contribution < -0.4 is 34.3 Å². The van der Waals surface area contributed by atoms with Gasteiger partial charge in [-0.15, -0.1) is 11.8 Å². The van der Waals surface area contributed by atoms with E-state index in [1.807, 2.05) is 19.9 Å². The monoisotopic (exact) mass is 756 g/mol. The molecule has 1 spiro atoms. The number of nitriles is 1. The first-order valence-corrected chi connectivity index (χ1v) is 19.0. The van der Waals surface area contributed by atoms with Gasteiger partial charge in [-0.05, 0) is 61.1 Å². The standard InChI is InChI=1S/C39H40N4O10S/c1-16-8-20-9-22-23(12-40)43-24-13-50-38(47)39(21-11-26(48-4)25(45)10-19(21)6-7-41-39)14-54-37(31(43)30(42-22)27(20)32(46)33(16)49-5)29-28(24)36-35(51-15-52-36)17(2)34(29)53-18(3)44/h8,10-11,22-24,30-31,37,41-42,45-46H,6-7,9,13-15H2,1-5H3/t22-,23+,24+,30+,31?,37-,39?/m1/s1. The van der Waals surface area contributed by atoms with Crippen molar-refractivity contribution in [3.63, 3.8) is 0 Å². The number of aromatic hydroxyl groups is 2. The Labute approximate surface area is 315 Å². The van der Waals surface area contributed by atoms with Gasteiger partial charge in [0.05, 0.1) is 37.6 Å². The molecule has 54 heavy (non-hydrogen) atoms. The summed E-state index contributed by atoms with van der Waals surface area (Å²) < 4.78 is 35.9. The smallest absolute Gasteiger partial charge is 0.331 e. The summed E-state index contributed by atoms with van der Waals surface area (Å²) in [7, 11) is 2.99. The maximum atomic E-state index is 14.7. The van der Waals surface area contributed by atoms with Crippen molar-refractivity contribution in [2.45, 2.75) is 74.6 Å². The molecule has 282 valence electrons. The van der Waals surface area contributed by atoms with Gasteiger partial charge in [-0.2, -0.15) is 5.26 Å². The number of nitrogens with one attached hydrogen (secondary N) is 2. The topological polar surface area (TPSA) is 181 Å². The fraction of sp³-hybridized carbons (Fsp3) is 0.462. The van der Waals surface area contributed by atoms with Gasteiger partial charge in [0.15, 0.2) is 40.0 Å². The minimum Gasteiger partial charge on any atom is -0.504 e. The normalized spacial score (nSPS) is 28.9. The zero-order valence-electron chi connectivity index (χ0n) is 30.4. The van der Waals surface area contributed by atoms with Crippen LogP contribution in [0.25, 0.3) is 0 Å². The van der Waals surface area contributed by atoms with Crippen molar-refractivity contribution in [2.75, 3.05) is 39.9 Å². The van der Waals surface area contributed by atoms with E-state index in [-0.39, 0.29) is 42.4 Å². The minimum atomic E-state index is -1.36. The van der Waals surface area contributed by atoms with E-state index in [2.05, 4.69) is 21.6 Å². The number of aryl methyl sites for hydroxylation is 1. The molecule has 14 nitrogen and oxygen atoms in total. The molecule has 0 radical (unpaired) electrons. The Bertz CT molecular complexity index is 2190. The first-order chi connectivity index (χ1) is 26.0. The van der Waals surface area contributed by atoms with Gasteiger partial charge >= 0.3 is 11.9 Å². The highest BCUT2D eigenvalue weighted by Gasteiger charge is 2.60. The summed E-state index contributed by atoms with van der Waals surface area (Å²) in [4.78, 5) is 29.7. The maximum Gasteiger partial charge on any atom is 0.331 e. The van der Waals surface area contributed by atoms with Crippen LogP contribution in [0.4, 0.5) is 0 Å². The number of ether oxygens (including phenoxy) is 6. The molecule has 2 fully saturated rings. The summed E-state index contributed by atoms with van der Waals surface area (Å²) >= 11 is 1.46. The molecule has 4 bridgehead atoms. The van der Waals surface area contributed by atoms with Crippen LogP contribution in [0.1, 0.15) is 68.8 Å². The predicted molar refractivity (Wildman–Crippen MR) is 193 cm³/mol. The molecule has 7 aliphatic rings. The summed E-state index contributed by atoms with van der Waals surface area (Å²) in [6.45, 7) is 5.25. The third-order valence-corrected chi connectivity index (χ3v) is 13.4. The molecule has 4 N–H and O–H groups in total. The molecule has 2 saturated heterocycles. The SMILES string of the molecule is COc1cc2c(cc1O)CCNC21CS[C@@H]2c3c(OC(C)=O)c(C)c4c(c3[C@H](COC1=O)N1C2[C@H]2N[C@H](Cc3cc(C)c(OC)c(O)c32)[C@@H]1C#N)OCO4. The summed E-state index contributed by atoms with van der Waals surface area (Å²) in [6, 6.07) is 5.06. The molecule has 2 unspecified atom stereocenters. The third-order valence-electron chi connectivity index (χ3n) is 11.9. The molecule has 7 aliphatic heterocycles. The van der Waals surface area contributed by atoms with Crippen molar-refractivity contribution >= 4 is 23.7 Å². The number of nitrogens with zero attached hydrogens (tertiary/aromatic N) is 2. The summed E-state index contributed by atoms with van der Waals surface area (Å²) in [5.41, 5.74) is 4.33. The van der Waals surface area contributed by atoms with Gasteiger partial charge in [0, 0.05) is 53.6 Å². The lowest BCUT2D eigenvalue weighted by atomic mass is 9.72. The summed E-state index contributed by atoms with van der Waals surface area (Å²) in [6.07, 6.45) is 1.03. The van der Waals surface area contributed by atoms with Gasteiger partial charge < -0.3 is 44.0 Å². The second kappa shape index (κ2) is 12.6. The Morgan fingerprint density at radius 2 is 1.85 bits per heavy atom. The molecule has 3 aromatic rings. The van der Waals surface area contributed by atoms with Crippen molar-refractivity contribution in [3.05, 3.63) is 62.7 Å². The fourth-order valence-electron chi connectivity index (χ4n) is 9.79. The lowest BCUT2D eigenvalue weighted by Gasteiger charge is -2.59. The predicted octanol–water partition coefficient (Wildman–Crippen LogP) is 3.64. The van der Waals surface area contributed by atoms with Gasteiger partial charge in [0.2, 0.25) is 6.79 Å². The van der Waals surface area contributed by atoms with E-state index in [4.69, 9.17) is 28.4 Å². The molecule has 3 aromatic carbocycles. The Morgan fingerprint density at radius 3 is 2.59 bits per heavy atom. The quantitative estimate of drug-likeness (QED) is 0.225. The Kier molecular flexibility index (Phi) is 8.13. The average Bonchev–Trinajstić information content (AvgIpc) is 3.64. The van der Waals surface area contributed by atoms with Crippen LogP contribution in [0.2, 0.25) is 0 Å². The number of methoxy groups -OCH3 is 2. The number of carbonyl (C=O) groups is 2. The van der Waals surface area contributed by atoms with Crippen LogP contribution >= 0.6 is 11.8 Å². The molecular weight excluding hydrogens is 717 g/mol. The van der Waals surface area contributed by atoms with E-state index in [1.54, 1.807) is 12.1 Å². The van der Waals surface area contributed by atoms with Gasteiger partial charge in [-0.25, -0.2) is 4.79 Å². The van der Waals surface area contributed by atoms with E-state index in [9.17, 15) is 25.1 Å². The number of carbonyl (C=O) groups excluding carboxylic acids is 2. The number of hydrogen-bond acceptors (Lipinski definition) is 15. The molecule has 0 amide bonds. The van der Waals surface area contributed by atoms with E-state index in [0.717, 1.165) is 16.7 Å². The van der Waals surface area contributed by atoms with Crippen LogP contribution in [-0.2, 0) is 32.7 Å². The van der Waals surface area contributed by atoms with Crippen LogP contribution in [0.5, 0.6) is 40.2 Å². The molecular formula is C39H40N4O10S. The average molecular weight is 757 g/mol. The van der Waals surface area contributed by atoms with Crippen LogP contribution in [-0.4, -0.2) is 85.1 Å². The lowest BCUT2D eigenvalue weighted by molar-refractivity contribution is -0.155.